The van der Waals surface area contributed by atoms with Gasteiger partial charge in [0.2, 0.25) is 0 Å². The van der Waals surface area contributed by atoms with E-state index < -0.39 is 43.3 Å². The van der Waals surface area contributed by atoms with Crippen molar-refractivity contribution in [1.82, 2.24) is 19.1 Å². The van der Waals surface area contributed by atoms with Gasteiger partial charge in [0.15, 0.2) is 0 Å². The zero-order chi connectivity index (χ0) is 13.6. The van der Waals surface area contributed by atoms with Gasteiger partial charge in [-0.3, -0.25) is 9.13 Å². The van der Waals surface area contributed by atoms with Gasteiger partial charge in [-0.1, -0.05) is 0 Å². The zero-order valence-corrected chi connectivity index (χ0v) is 5.70. The summed E-state index contributed by atoms with van der Waals surface area (Å²) < 4.78 is 44.8. The summed E-state index contributed by atoms with van der Waals surface area (Å²) in [5, 5.41) is 0. The number of hydrogen-bond acceptors (Lipinski definition) is 3. The molecule has 0 unspecified atom stereocenters. The van der Waals surface area contributed by atoms with Crippen molar-refractivity contribution in [2.45, 2.75) is 0 Å². The van der Waals surface area contributed by atoms with Crippen LogP contribution in [0, 0.1) is 0 Å². The minimum atomic E-state index is -1.10. The van der Waals surface area contributed by atoms with Crippen LogP contribution in [0.15, 0.2) is 37.3 Å². The molecule has 0 spiro atoms. The maximum absolute atomic E-state index is 12.0. The lowest BCUT2D eigenvalue weighted by molar-refractivity contribution is 0.244. The fourth-order valence-corrected chi connectivity index (χ4v) is 0.631. The van der Waals surface area contributed by atoms with Crippen molar-refractivity contribution in [3.63, 3.8) is 0 Å². The summed E-state index contributed by atoms with van der Waals surface area (Å²) in [4.78, 5) is 18.6. The van der Waals surface area contributed by atoms with Crippen LogP contribution in [0.4, 0.5) is 4.79 Å². The van der Waals surface area contributed by atoms with Crippen LogP contribution in [0.2, 0.25) is 0 Å². The molecule has 0 bridgehead atoms. The van der Waals surface area contributed by atoms with Crippen LogP contribution in [-0.2, 0) is 0 Å². The number of hydrogen-bond donors (Lipinski definition) is 0. The minimum Gasteiger partial charge on any atom is -0.257 e. The first-order valence-corrected chi connectivity index (χ1v) is 2.94. The van der Waals surface area contributed by atoms with E-state index in [0.717, 1.165) is 0 Å². The van der Waals surface area contributed by atoms with Crippen LogP contribution in [0.1, 0.15) is 8.22 Å². The van der Waals surface area contributed by atoms with Crippen molar-refractivity contribution in [3.05, 3.63) is 37.3 Å². The summed E-state index contributed by atoms with van der Waals surface area (Å²) in [6.07, 6.45) is -3.65. The highest BCUT2D eigenvalue weighted by atomic mass is 16.2. The molecule has 0 aliphatic carbocycles. The quantitative estimate of drug-likeness (QED) is 0.578. The van der Waals surface area contributed by atoms with Gasteiger partial charge in [-0.15, -0.1) is 0 Å². The van der Waals surface area contributed by atoms with Crippen LogP contribution < -0.4 is 0 Å². The first-order chi connectivity index (χ1) is 8.34. The predicted molar refractivity (Wildman–Crippen MR) is 40.6 cm³/mol. The average Bonchev–Trinajstić information content (AvgIpc) is 2.66. The van der Waals surface area contributed by atoms with Crippen molar-refractivity contribution in [3.8, 4) is 0 Å². The molecule has 0 saturated heterocycles. The number of imidazole rings is 2. The Morgan fingerprint density at radius 3 is 2.00 bits per heavy atom. The smallest absolute Gasteiger partial charge is 0.257 e. The molecule has 2 aromatic rings. The molecule has 0 atom stereocenters. The number of carbonyl (C=O) groups is 1. The third kappa shape index (κ3) is 1.01. The fraction of sp³-hybridized carbons (Fsp3) is 0. The first kappa shape index (κ1) is 2.85. The lowest BCUT2D eigenvalue weighted by atomic mass is 10.8. The standard InChI is InChI=1S/C7H6N4O/c12-7(10-3-1-8-5-10)11-4-2-9-6-11/h1-6H/i1D,2D,3D,4D,5D,6D. The van der Waals surface area contributed by atoms with Crippen LogP contribution in [0.3, 0.4) is 0 Å². The van der Waals surface area contributed by atoms with Crippen molar-refractivity contribution in [2.24, 2.45) is 0 Å². The summed E-state index contributed by atoms with van der Waals surface area (Å²) in [6, 6.07) is -1.10. The molecule has 2 rings (SSSR count). The molecule has 0 aliphatic heterocycles. The minimum absolute atomic E-state index is 0.458. The Kier molecular flexibility index (Phi) is 0.621. The monoisotopic (exact) mass is 168 g/mol. The second-order valence-electron chi connectivity index (χ2n) is 1.82. The number of aromatic nitrogens is 4. The van der Waals surface area contributed by atoms with E-state index in [9.17, 15) is 4.79 Å². The summed E-state index contributed by atoms with van der Waals surface area (Å²) in [5.74, 6) is 0. The van der Waals surface area contributed by atoms with Crippen LogP contribution in [0.5, 0.6) is 0 Å². The molecule has 0 fully saturated rings. The van der Waals surface area contributed by atoms with Gasteiger partial charge < -0.3 is 0 Å². The highest BCUT2D eigenvalue weighted by molar-refractivity contribution is 5.78. The normalized spacial score (nSPS) is 17.0. The third-order valence-corrected chi connectivity index (χ3v) is 1.12. The van der Waals surface area contributed by atoms with Crippen LogP contribution in [0.25, 0.3) is 0 Å². The van der Waals surface area contributed by atoms with E-state index in [1.807, 2.05) is 0 Å². The van der Waals surface area contributed by atoms with E-state index in [2.05, 4.69) is 9.97 Å². The molecule has 0 saturated carbocycles. The maximum atomic E-state index is 12.0. The van der Waals surface area contributed by atoms with Crippen LogP contribution >= 0.6 is 0 Å². The average molecular weight is 168 g/mol. The van der Waals surface area contributed by atoms with Crippen molar-refractivity contribution in [2.75, 3.05) is 0 Å². The van der Waals surface area contributed by atoms with E-state index in [1.54, 1.807) is 0 Å². The molecule has 0 aromatic carbocycles. The summed E-state index contributed by atoms with van der Waals surface area (Å²) in [5.41, 5.74) is 0. The molecule has 5 nitrogen and oxygen atoms in total. The van der Waals surface area contributed by atoms with Gasteiger partial charge in [0.05, 0.1) is 5.48 Å². The second-order valence-corrected chi connectivity index (χ2v) is 1.82. The van der Waals surface area contributed by atoms with E-state index in [-0.39, 0.29) is 0 Å². The molecule has 5 heteroatoms. The molecule has 12 heavy (non-hydrogen) atoms. The van der Waals surface area contributed by atoms with Gasteiger partial charge in [-0.25, -0.2) is 14.8 Å². The molecule has 0 N–H and O–H groups in total. The number of rotatable bonds is 0. The molecule has 2 heterocycles. The van der Waals surface area contributed by atoms with Gasteiger partial charge >= 0.3 is 6.03 Å². The van der Waals surface area contributed by atoms with Crippen LogP contribution in [-0.4, -0.2) is 25.1 Å². The highest BCUT2D eigenvalue weighted by Crippen LogP contribution is 1.91. The Hall–Kier alpha value is -1.91. The van der Waals surface area contributed by atoms with Crippen molar-refractivity contribution in [1.29, 1.82) is 0 Å². The van der Waals surface area contributed by atoms with Gasteiger partial charge in [-0.05, 0) is 0 Å². The Bertz CT molecular complexity index is 593. The van der Waals surface area contributed by atoms with E-state index in [1.165, 1.54) is 0 Å². The van der Waals surface area contributed by atoms with Crippen molar-refractivity contribution < 1.29 is 13.0 Å². The summed E-state index contributed by atoms with van der Waals surface area (Å²) in [7, 11) is 0. The highest BCUT2D eigenvalue weighted by Gasteiger charge is 2.03. The Balaban J connectivity index is 2.62. The Labute approximate surface area is 76.7 Å². The first-order valence-electron chi connectivity index (χ1n) is 5.94. The molecule has 60 valence electrons. The molecule has 2 aromatic heterocycles. The SMILES string of the molecule is [2H]c1nc([2H])n(C(=O)n2c([2H])nc([2H])c2[2H])c1[2H]. The van der Waals surface area contributed by atoms with Gasteiger partial charge in [0.25, 0.3) is 0 Å². The lowest BCUT2D eigenvalue weighted by Gasteiger charge is -1.98. The molecular formula is C7H6N4O. The maximum Gasteiger partial charge on any atom is 0.338 e. The fourth-order valence-electron chi connectivity index (χ4n) is 0.631. The molecule has 0 radical (unpaired) electrons. The Morgan fingerprint density at radius 1 is 1.17 bits per heavy atom. The molecule has 0 aliphatic rings. The zero-order valence-electron chi connectivity index (χ0n) is 11.7. The largest absolute Gasteiger partial charge is 0.338 e. The molecule has 0 amide bonds. The summed E-state index contributed by atoms with van der Waals surface area (Å²) in [6.45, 7) is 0. The van der Waals surface area contributed by atoms with Gasteiger partial charge in [0.1, 0.15) is 15.3 Å². The number of carbonyl (C=O) groups excluding carboxylic acids is 1. The van der Waals surface area contributed by atoms with Gasteiger partial charge in [-0.2, -0.15) is 0 Å². The van der Waals surface area contributed by atoms with Gasteiger partial charge in [0, 0.05) is 24.7 Å². The van der Waals surface area contributed by atoms with E-state index in [4.69, 9.17) is 8.22 Å². The molecular weight excluding hydrogens is 156 g/mol. The second kappa shape index (κ2) is 2.61. The van der Waals surface area contributed by atoms with E-state index in [0.29, 0.717) is 9.13 Å². The summed E-state index contributed by atoms with van der Waals surface area (Å²) >= 11 is 0. The number of nitrogens with zero attached hydrogens (tertiary/aromatic N) is 4. The lowest BCUT2D eigenvalue weighted by Crippen LogP contribution is -2.15. The topological polar surface area (TPSA) is 52.7 Å². The third-order valence-electron chi connectivity index (χ3n) is 1.12. The van der Waals surface area contributed by atoms with E-state index >= 15 is 0 Å². The predicted octanol–water partition coefficient (Wildman–Crippen LogP) is 0.596. The Morgan fingerprint density at radius 2 is 1.67 bits per heavy atom. The van der Waals surface area contributed by atoms with Crippen molar-refractivity contribution >= 4 is 6.03 Å².